The number of Topliss-reactive ketones (excluding diaryl/α,β-unsaturated/α-hetero) is 1. The molecule has 0 aliphatic heterocycles. The largest absolute Gasteiger partial charge is 0.490 e. The van der Waals surface area contributed by atoms with Gasteiger partial charge < -0.3 is 4.74 Å². The van der Waals surface area contributed by atoms with Gasteiger partial charge in [-0.3, -0.25) is 14.9 Å². The van der Waals surface area contributed by atoms with Crippen LogP contribution in [0.1, 0.15) is 23.0 Å². The van der Waals surface area contributed by atoms with E-state index in [0.717, 1.165) is 4.70 Å². The van der Waals surface area contributed by atoms with Crippen LogP contribution >= 0.6 is 11.3 Å². The molecule has 94 valence electrons. The van der Waals surface area contributed by atoms with Gasteiger partial charge in [-0.05, 0) is 6.07 Å². The normalized spacial score (nSPS) is 10.6. The number of rotatable bonds is 4. The summed E-state index contributed by atoms with van der Waals surface area (Å²) in [6.07, 6.45) is 0.423. The molecule has 0 spiro atoms. The minimum absolute atomic E-state index is 0.0396. The average Bonchev–Trinajstić information content (AvgIpc) is 2.78. The number of benzene rings is 1. The number of carbonyl (C=O) groups is 1. The number of ketones is 1. The molecule has 0 radical (unpaired) electrons. The molecule has 0 aliphatic carbocycles. The fraction of sp³-hybridized carbons (Fsp3) is 0.250. The van der Waals surface area contributed by atoms with Crippen molar-refractivity contribution in [2.45, 2.75) is 13.3 Å². The maximum atomic E-state index is 11.6. The smallest absolute Gasteiger partial charge is 0.311 e. The number of hydrogen-bond donors (Lipinski definition) is 0. The zero-order valence-electron chi connectivity index (χ0n) is 9.93. The van der Waals surface area contributed by atoms with Gasteiger partial charge in [0, 0.05) is 28.6 Å². The Labute approximate surface area is 107 Å². The summed E-state index contributed by atoms with van der Waals surface area (Å²) in [5.41, 5.74) is -0.0849. The van der Waals surface area contributed by atoms with E-state index in [-0.39, 0.29) is 17.2 Å². The summed E-state index contributed by atoms with van der Waals surface area (Å²) in [5, 5.41) is 11.6. The highest BCUT2D eigenvalue weighted by molar-refractivity contribution is 7.20. The number of carbonyl (C=O) groups excluding carboxylic acids is 1. The van der Waals surface area contributed by atoms with Gasteiger partial charge in [0.05, 0.1) is 16.9 Å². The lowest BCUT2D eigenvalue weighted by atomic mass is 10.2. The topological polar surface area (TPSA) is 69.4 Å². The van der Waals surface area contributed by atoms with Gasteiger partial charge in [0.2, 0.25) is 0 Å². The van der Waals surface area contributed by atoms with Crippen molar-refractivity contribution in [3.05, 3.63) is 33.2 Å². The van der Waals surface area contributed by atoms with Crippen molar-refractivity contribution in [3.8, 4) is 5.75 Å². The van der Waals surface area contributed by atoms with Gasteiger partial charge >= 0.3 is 5.69 Å². The van der Waals surface area contributed by atoms with Gasteiger partial charge in [0.1, 0.15) is 0 Å². The lowest BCUT2D eigenvalue weighted by molar-refractivity contribution is -0.385. The molecular weight excluding hydrogens is 254 g/mol. The third-order valence-electron chi connectivity index (χ3n) is 2.61. The lowest BCUT2D eigenvalue weighted by Crippen LogP contribution is -1.92. The van der Waals surface area contributed by atoms with Gasteiger partial charge in [0.25, 0.3) is 0 Å². The predicted molar refractivity (Wildman–Crippen MR) is 69.7 cm³/mol. The van der Waals surface area contributed by atoms with Crippen LogP contribution in [-0.4, -0.2) is 17.8 Å². The summed E-state index contributed by atoms with van der Waals surface area (Å²) < 4.78 is 5.80. The molecule has 0 aliphatic rings. The summed E-state index contributed by atoms with van der Waals surface area (Å²) in [6.45, 7) is 1.79. The Morgan fingerprint density at radius 1 is 1.44 bits per heavy atom. The van der Waals surface area contributed by atoms with Crippen LogP contribution in [0, 0.1) is 10.1 Å². The number of nitro benzene ring substituents is 1. The number of ether oxygens (including phenoxy) is 1. The first-order chi connectivity index (χ1) is 8.56. The van der Waals surface area contributed by atoms with E-state index in [4.69, 9.17) is 4.74 Å². The summed E-state index contributed by atoms with van der Waals surface area (Å²) >= 11 is 1.33. The van der Waals surface area contributed by atoms with E-state index in [2.05, 4.69) is 0 Å². The third kappa shape index (κ3) is 2.06. The molecule has 0 atom stereocenters. The molecule has 0 saturated heterocycles. The van der Waals surface area contributed by atoms with Crippen LogP contribution in [0.2, 0.25) is 0 Å². The molecule has 0 bridgehead atoms. The monoisotopic (exact) mass is 265 g/mol. The Hall–Kier alpha value is -1.95. The van der Waals surface area contributed by atoms with E-state index in [1.165, 1.54) is 24.5 Å². The molecule has 2 aromatic rings. The van der Waals surface area contributed by atoms with Gasteiger partial charge in [-0.1, -0.05) is 6.92 Å². The van der Waals surface area contributed by atoms with E-state index in [1.54, 1.807) is 19.1 Å². The molecule has 1 aromatic heterocycles. The quantitative estimate of drug-likeness (QED) is 0.482. The van der Waals surface area contributed by atoms with Gasteiger partial charge in [-0.25, -0.2) is 0 Å². The number of thiophene rings is 1. The Morgan fingerprint density at radius 2 is 2.17 bits per heavy atom. The number of nitrogens with zero attached hydrogens (tertiary/aromatic N) is 1. The number of hydrogen-bond acceptors (Lipinski definition) is 5. The fourth-order valence-corrected chi connectivity index (χ4v) is 2.76. The van der Waals surface area contributed by atoms with E-state index in [9.17, 15) is 14.9 Å². The SMILES string of the molecule is CCC(=O)c1cc2cc([N+](=O)[O-])c(OC)cc2s1. The molecule has 0 N–H and O–H groups in total. The van der Waals surface area contributed by atoms with Crippen molar-refractivity contribution in [1.29, 1.82) is 0 Å². The number of nitro groups is 1. The first kappa shape index (κ1) is 12.5. The minimum atomic E-state index is -0.489. The second kappa shape index (κ2) is 4.73. The van der Waals surface area contributed by atoms with Crippen LogP contribution in [-0.2, 0) is 0 Å². The highest BCUT2D eigenvalue weighted by Crippen LogP contribution is 2.36. The van der Waals surface area contributed by atoms with Crippen molar-refractivity contribution >= 4 is 32.9 Å². The highest BCUT2D eigenvalue weighted by Gasteiger charge is 2.18. The molecular formula is C12H11NO4S. The van der Waals surface area contributed by atoms with E-state index < -0.39 is 4.92 Å². The molecule has 18 heavy (non-hydrogen) atoms. The Balaban J connectivity index is 2.63. The summed E-state index contributed by atoms with van der Waals surface area (Å²) in [7, 11) is 1.39. The fourth-order valence-electron chi connectivity index (χ4n) is 1.67. The van der Waals surface area contributed by atoms with Crippen LogP contribution in [0.4, 0.5) is 5.69 Å². The van der Waals surface area contributed by atoms with E-state index in [1.807, 2.05) is 0 Å². The first-order valence-electron chi connectivity index (χ1n) is 5.36. The molecule has 1 aromatic carbocycles. The molecule has 6 heteroatoms. The van der Waals surface area contributed by atoms with Crippen LogP contribution in [0.25, 0.3) is 10.1 Å². The van der Waals surface area contributed by atoms with E-state index >= 15 is 0 Å². The molecule has 2 rings (SSSR count). The van der Waals surface area contributed by atoms with Crippen LogP contribution < -0.4 is 4.74 Å². The van der Waals surface area contributed by atoms with E-state index in [0.29, 0.717) is 16.7 Å². The van der Waals surface area contributed by atoms with Crippen molar-refractivity contribution in [1.82, 2.24) is 0 Å². The second-order valence-electron chi connectivity index (χ2n) is 3.71. The standard InChI is InChI=1S/C12H11NO4S/c1-3-9(14)12-5-7-4-8(13(15)16)10(17-2)6-11(7)18-12/h4-6H,3H2,1-2H3. The lowest BCUT2D eigenvalue weighted by Gasteiger charge is -2.00. The average molecular weight is 265 g/mol. The zero-order valence-corrected chi connectivity index (χ0v) is 10.7. The van der Waals surface area contributed by atoms with Crippen LogP contribution in [0.5, 0.6) is 5.75 Å². The van der Waals surface area contributed by atoms with Crippen LogP contribution in [0.3, 0.4) is 0 Å². The first-order valence-corrected chi connectivity index (χ1v) is 6.17. The van der Waals surface area contributed by atoms with Gasteiger partial charge in [-0.2, -0.15) is 0 Å². The molecule has 0 amide bonds. The third-order valence-corrected chi connectivity index (χ3v) is 3.75. The predicted octanol–water partition coefficient (Wildman–Crippen LogP) is 3.41. The zero-order chi connectivity index (χ0) is 13.3. The summed E-state index contributed by atoms with van der Waals surface area (Å²) in [5.74, 6) is 0.252. The van der Waals surface area contributed by atoms with Crippen molar-refractivity contribution in [2.75, 3.05) is 7.11 Å². The summed E-state index contributed by atoms with van der Waals surface area (Å²) in [4.78, 5) is 22.6. The highest BCUT2D eigenvalue weighted by atomic mass is 32.1. The molecule has 0 saturated carbocycles. The van der Waals surface area contributed by atoms with Crippen LogP contribution in [0.15, 0.2) is 18.2 Å². The second-order valence-corrected chi connectivity index (χ2v) is 4.79. The van der Waals surface area contributed by atoms with Crippen molar-refractivity contribution < 1.29 is 14.5 Å². The summed E-state index contributed by atoms with van der Waals surface area (Å²) in [6, 6.07) is 4.74. The van der Waals surface area contributed by atoms with Gasteiger partial charge in [0.15, 0.2) is 11.5 Å². The number of methoxy groups -OCH3 is 1. The van der Waals surface area contributed by atoms with Crippen molar-refractivity contribution in [3.63, 3.8) is 0 Å². The Kier molecular flexibility index (Phi) is 3.29. The molecule has 5 nitrogen and oxygen atoms in total. The Bertz CT molecular complexity index is 632. The van der Waals surface area contributed by atoms with Crippen molar-refractivity contribution in [2.24, 2.45) is 0 Å². The molecule has 0 unspecified atom stereocenters. The molecule has 0 fully saturated rings. The van der Waals surface area contributed by atoms with Gasteiger partial charge in [-0.15, -0.1) is 11.3 Å². The molecule has 1 heterocycles. The Morgan fingerprint density at radius 3 is 2.72 bits per heavy atom. The maximum absolute atomic E-state index is 11.6. The number of fused-ring (bicyclic) bond motifs is 1. The maximum Gasteiger partial charge on any atom is 0.311 e. The minimum Gasteiger partial charge on any atom is -0.490 e.